The van der Waals surface area contributed by atoms with E-state index in [1.54, 1.807) is 0 Å². The molecule has 8 nitrogen and oxygen atoms in total. The van der Waals surface area contributed by atoms with Crippen LogP contribution >= 0.6 is 0 Å². The molecule has 0 aliphatic carbocycles. The molecular formula is C18H27N3O5S. The summed E-state index contributed by atoms with van der Waals surface area (Å²) in [6.45, 7) is 5.29. The van der Waals surface area contributed by atoms with Gasteiger partial charge in [-0.3, -0.25) is 9.59 Å². The van der Waals surface area contributed by atoms with Gasteiger partial charge in [0.05, 0.1) is 10.5 Å². The van der Waals surface area contributed by atoms with Crippen LogP contribution in [0.4, 0.5) is 0 Å². The third-order valence-electron chi connectivity index (χ3n) is 4.32. The van der Waals surface area contributed by atoms with Crippen molar-refractivity contribution in [1.29, 1.82) is 0 Å². The van der Waals surface area contributed by atoms with E-state index >= 15 is 0 Å². The lowest BCUT2D eigenvalue weighted by atomic mass is 10.1. The molecular weight excluding hydrogens is 370 g/mol. The first-order valence-corrected chi connectivity index (χ1v) is 10.5. The Labute approximate surface area is 160 Å². The standard InChI is InChI=1S/C18H27N3O5S/c1-13(2)7-8-20-17(22)12-26-16-6-5-14(11-15(16)18(19)23)27(24,25)21-9-3-4-10-21/h5-6,11,13H,3-4,7-10,12H2,1-2H3,(H2,19,23)(H,20,22). The van der Waals surface area contributed by atoms with Crippen molar-refractivity contribution in [3.05, 3.63) is 23.8 Å². The van der Waals surface area contributed by atoms with Gasteiger partial charge in [0.25, 0.3) is 11.8 Å². The maximum Gasteiger partial charge on any atom is 0.257 e. The van der Waals surface area contributed by atoms with Crippen LogP contribution in [0.25, 0.3) is 0 Å². The highest BCUT2D eigenvalue weighted by atomic mass is 32.2. The van der Waals surface area contributed by atoms with Crippen molar-refractivity contribution in [2.24, 2.45) is 11.7 Å². The van der Waals surface area contributed by atoms with Crippen molar-refractivity contribution in [3.8, 4) is 5.75 Å². The molecule has 1 saturated heterocycles. The van der Waals surface area contributed by atoms with Gasteiger partial charge in [0.15, 0.2) is 6.61 Å². The number of amides is 2. The molecule has 1 aromatic rings. The van der Waals surface area contributed by atoms with Gasteiger partial charge >= 0.3 is 0 Å². The number of sulfonamides is 1. The summed E-state index contributed by atoms with van der Waals surface area (Å²) >= 11 is 0. The summed E-state index contributed by atoms with van der Waals surface area (Å²) in [5.41, 5.74) is 5.31. The molecule has 1 aliphatic heterocycles. The molecule has 150 valence electrons. The molecule has 1 aromatic carbocycles. The van der Waals surface area contributed by atoms with Crippen LogP contribution in [0.3, 0.4) is 0 Å². The number of primary amides is 1. The fourth-order valence-electron chi connectivity index (χ4n) is 2.76. The normalized spacial score (nSPS) is 15.1. The molecule has 0 saturated carbocycles. The first-order valence-electron chi connectivity index (χ1n) is 9.05. The highest BCUT2D eigenvalue weighted by Gasteiger charge is 2.28. The van der Waals surface area contributed by atoms with Crippen molar-refractivity contribution in [1.82, 2.24) is 9.62 Å². The third-order valence-corrected chi connectivity index (χ3v) is 6.22. The smallest absolute Gasteiger partial charge is 0.257 e. The molecule has 0 radical (unpaired) electrons. The number of ether oxygens (including phenoxy) is 1. The predicted octanol–water partition coefficient (Wildman–Crippen LogP) is 1.11. The quantitative estimate of drug-likeness (QED) is 0.647. The Balaban J connectivity index is 2.09. The molecule has 0 atom stereocenters. The van der Waals surface area contributed by atoms with Gasteiger partial charge in [0.2, 0.25) is 10.0 Å². The minimum absolute atomic E-state index is 0.00747. The predicted molar refractivity (Wildman–Crippen MR) is 101 cm³/mol. The van der Waals surface area contributed by atoms with Crippen molar-refractivity contribution in [2.75, 3.05) is 26.2 Å². The zero-order valence-corrected chi connectivity index (χ0v) is 16.5. The summed E-state index contributed by atoms with van der Waals surface area (Å²) in [5.74, 6) is -0.580. The van der Waals surface area contributed by atoms with Crippen LogP contribution in [-0.2, 0) is 14.8 Å². The summed E-state index contributed by atoms with van der Waals surface area (Å²) in [6, 6.07) is 3.94. The van der Waals surface area contributed by atoms with Crippen LogP contribution in [0.1, 0.15) is 43.5 Å². The first kappa shape index (κ1) is 21.2. The minimum atomic E-state index is -3.67. The number of hydrogen-bond donors (Lipinski definition) is 2. The Kier molecular flexibility index (Phi) is 7.20. The Morgan fingerprint density at radius 3 is 2.52 bits per heavy atom. The molecule has 0 spiro atoms. The monoisotopic (exact) mass is 397 g/mol. The maximum atomic E-state index is 12.6. The molecule has 1 fully saturated rings. The Morgan fingerprint density at radius 2 is 1.93 bits per heavy atom. The van der Waals surface area contributed by atoms with Gasteiger partial charge in [0, 0.05) is 19.6 Å². The van der Waals surface area contributed by atoms with Crippen molar-refractivity contribution in [3.63, 3.8) is 0 Å². The van der Waals surface area contributed by atoms with Crippen LogP contribution in [0.15, 0.2) is 23.1 Å². The van der Waals surface area contributed by atoms with Gasteiger partial charge in [0.1, 0.15) is 5.75 Å². The highest BCUT2D eigenvalue weighted by Crippen LogP contribution is 2.26. The number of benzene rings is 1. The lowest BCUT2D eigenvalue weighted by molar-refractivity contribution is -0.123. The number of nitrogens with two attached hydrogens (primary N) is 1. The Hall–Kier alpha value is -2.13. The summed E-state index contributed by atoms with van der Waals surface area (Å²) in [7, 11) is -3.67. The third kappa shape index (κ3) is 5.67. The van der Waals surface area contributed by atoms with Crippen LogP contribution in [0, 0.1) is 5.92 Å². The first-order chi connectivity index (χ1) is 12.7. The van der Waals surface area contributed by atoms with E-state index in [1.807, 2.05) is 0 Å². The van der Waals surface area contributed by atoms with Gasteiger partial charge in [-0.1, -0.05) is 13.8 Å². The molecule has 9 heteroatoms. The second-order valence-electron chi connectivity index (χ2n) is 6.95. The zero-order chi connectivity index (χ0) is 20.0. The van der Waals surface area contributed by atoms with Crippen LogP contribution < -0.4 is 15.8 Å². The number of rotatable bonds is 9. The van der Waals surface area contributed by atoms with Crippen LogP contribution in [0.5, 0.6) is 5.75 Å². The Bertz CT molecular complexity index is 786. The summed E-state index contributed by atoms with van der Waals surface area (Å²) in [5, 5.41) is 2.72. The molecule has 0 bridgehead atoms. The molecule has 2 rings (SSSR count). The Morgan fingerprint density at radius 1 is 1.26 bits per heavy atom. The highest BCUT2D eigenvalue weighted by molar-refractivity contribution is 7.89. The fourth-order valence-corrected chi connectivity index (χ4v) is 4.30. The number of hydrogen-bond acceptors (Lipinski definition) is 5. The largest absolute Gasteiger partial charge is 0.483 e. The lowest BCUT2D eigenvalue weighted by Crippen LogP contribution is -2.31. The molecule has 0 unspecified atom stereocenters. The molecule has 0 aromatic heterocycles. The fraction of sp³-hybridized carbons (Fsp3) is 0.556. The van der Waals surface area contributed by atoms with Crippen molar-refractivity contribution >= 4 is 21.8 Å². The van der Waals surface area contributed by atoms with Crippen LogP contribution in [0.2, 0.25) is 0 Å². The zero-order valence-electron chi connectivity index (χ0n) is 15.7. The van der Waals surface area contributed by atoms with Gasteiger partial charge < -0.3 is 15.8 Å². The second kappa shape index (κ2) is 9.18. The SMILES string of the molecule is CC(C)CCNC(=O)COc1ccc(S(=O)(=O)N2CCCC2)cc1C(N)=O. The molecule has 3 N–H and O–H groups in total. The average Bonchev–Trinajstić information content (AvgIpc) is 3.14. The molecule has 2 amide bonds. The minimum Gasteiger partial charge on any atom is -0.483 e. The maximum absolute atomic E-state index is 12.6. The molecule has 27 heavy (non-hydrogen) atoms. The van der Waals surface area contributed by atoms with E-state index in [1.165, 1.54) is 22.5 Å². The average molecular weight is 397 g/mol. The topological polar surface area (TPSA) is 119 Å². The van der Waals surface area contributed by atoms with Gasteiger partial charge in [-0.25, -0.2) is 8.42 Å². The van der Waals surface area contributed by atoms with E-state index in [4.69, 9.17) is 10.5 Å². The number of carbonyl (C=O) groups excluding carboxylic acids is 2. The number of nitrogens with one attached hydrogen (secondary N) is 1. The van der Waals surface area contributed by atoms with E-state index in [-0.39, 0.29) is 28.7 Å². The van der Waals surface area contributed by atoms with Gasteiger partial charge in [-0.05, 0) is 43.4 Å². The summed E-state index contributed by atoms with van der Waals surface area (Å²) < 4.78 is 32.0. The van der Waals surface area contributed by atoms with E-state index < -0.39 is 15.9 Å². The van der Waals surface area contributed by atoms with E-state index in [2.05, 4.69) is 19.2 Å². The number of nitrogens with zero attached hydrogens (tertiary/aromatic N) is 1. The van der Waals surface area contributed by atoms with Crippen molar-refractivity contribution in [2.45, 2.75) is 38.0 Å². The molecule has 1 heterocycles. The van der Waals surface area contributed by atoms with Gasteiger partial charge in [-0.2, -0.15) is 4.31 Å². The van der Waals surface area contributed by atoms with E-state index in [0.29, 0.717) is 25.6 Å². The second-order valence-corrected chi connectivity index (χ2v) is 8.89. The summed E-state index contributed by atoms with van der Waals surface area (Å²) in [4.78, 5) is 23.6. The van der Waals surface area contributed by atoms with Gasteiger partial charge in [-0.15, -0.1) is 0 Å². The number of carbonyl (C=O) groups is 2. The van der Waals surface area contributed by atoms with Crippen LogP contribution in [-0.4, -0.2) is 50.8 Å². The molecule has 1 aliphatic rings. The van der Waals surface area contributed by atoms with Crippen molar-refractivity contribution < 1.29 is 22.7 Å². The van der Waals surface area contributed by atoms with E-state index in [9.17, 15) is 18.0 Å². The summed E-state index contributed by atoms with van der Waals surface area (Å²) in [6.07, 6.45) is 2.48. The lowest BCUT2D eigenvalue weighted by Gasteiger charge is -2.17. The van der Waals surface area contributed by atoms with E-state index in [0.717, 1.165) is 19.3 Å².